The first kappa shape index (κ1) is 12.2. The molecular formula is C17H22N2O. The van der Waals surface area contributed by atoms with Gasteiger partial charge in [-0.2, -0.15) is 0 Å². The predicted octanol–water partition coefficient (Wildman–Crippen LogP) is 2.36. The lowest BCUT2D eigenvalue weighted by molar-refractivity contribution is -0.135. The Morgan fingerprint density at radius 2 is 1.80 bits per heavy atom. The predicted molar refractivity (Wildman–Crippen MR) is 79.9 cm³/mol. The topological polar surface area (TPSA) is 23.6 Å². The van der Waals surface area contributed by atoms with Gasteiger partial charge in [-0.05, 0) is 49.8 Å². The van der Waals surface area contributed by atoms with E-state index in [1.54, 1.807) is 0 Å². The Balaban J connectivity index is 1.44. The minimum absolute atomic E-state index is 0.140. The summed E-state index contributed by atoms with van der Waals surface area (Å²) in [5.74, 6) is 1.20. The molecule has 2 saturated carbocycles. The van der Waals surface area contributed by atoms with Crippen molar-refractivity contribution in [2.24, 2.45) is 11.3 Å². The molecule has 0 aromatic heterocycles. The Morgan fingerprint density at radius 1 is 1.15 bits per heavy atom. The molecule has 1 saturated heterocycles. The zero-order valence-electron chi connectivity index (χ0n) is 12.4. The van der Waals surface area contributed by atoms with Crippen molar-refractivity contribution in [2.45, 2.75) is 26.7 Å². The molecule has 1 amide bonds. The number of carbonyl (C=O) groups excluding carboxylic acids is 1. The Labute approximate surface area is 120 Å². The van der Waals surface area contributed by atoms with Crippen LogP contribution in [-0.4, -0.2) is 37.0 Å². The van der Waals surface area contributed by atoms with Gasteiger partial charge in [-0.3, -0.25) is 4.79 Å². The number of aryl methyl sites for hydroxylation is 1. The Hall–Kier alpha value is -1.51. The van der Waals surface area contributed by atoms with Crippen LogP contribution in [0.15, 0.2) is 18.2 Å². The number of rotatable bonds is 2. The molecular weight excluding hydrogens is 248 g/mol. The minimum atomic E-state index is 0.140. The van der Waals surface area contributed by atoms with Crippen molar-refractivity contribution in [3.63, 3.8) is 0 Å². The van der Waals surface area contributed by atoms with Gasteiger partial charge in [-0.1, -0.05) is 12.1 Å². The summed E-state index contributed by atoms with van der Waals surface area (Å²) in [6.07, 6.45) is 2.34. The van der Waals surface area contributed by atoms with Crippen molar-refractivity contribution in [1.82, 2.24) is 4.90 Å². The summed E-state index contributed by atoms with van der Waals surface area (Å²) < 4.78 is 0. The lowest BCUT2D eigenvalue weighted by Crippen LogP contribution is -2.50. The number of fused-ring (bicyclic) bond motifs is 1. The number of nitrogens with zero attached hydrogens (tertiary/aromatic N) is 2. The second-order valence-electron chi connectivity index (χ2n) is 6.76. The van der Waals surface area contributed by atoms with Crippen LogP contribution in [0.5, 0.6) is 0 Å². The second-order valence-corrected chi connectivity index (χ2v) is 6.76. The molecule has 0 N–H and O–H groups in total. The quantitative estimate of drug-likeness (QED) is 0.823. The van der Waals surface area contributed by atoms with Gasteiger partial charge in [0.2, 0.25) is 5.91 Å². The van der Waals surface area contributed by atoms with Crippen LogP contribution in [-0.2, 0) is 4.79 Å². The SMILES string of the molecule is Cc1cccc(N2CCN(C(=O)C34CC3C4)CC2)c1C. The van der Waals surface area contributed by atoms with E-state index >= 15 is 0 Å². The van der Waals surface area contributed by atoms with Crippen molar-refractivity contribution in [3.8, 4) is 0 Å². The van der Waals surface area contributed by atoms with Crippen LogP contribution in [0.2, 0.25) is 0 Å². The number of anilines is 1. The van der Waals surface area contributed by atoms with Crippen molar-refractivity contribution in [1.29, 1.82) is 0 Å². The van der Waals surface area contributed by atoms with E-state index in [0.29, 0.717) is 5.91 Å². The molecule has 0 atom stereocenters. The van der Waals surface area contributed by atoms with Gasteiger partial charge in [0, 0.05) is 31.9 Å². The van der Waals surface area contributed by atoms with Crippen LogP contribution in [0.3, 0.4) is 0 Å². The normalized spacial score (nSPS) is 31.0. The number of benzene rings is 1. The van der Waals surface area contributed by atoms with Crippen molar-refractivity contribution < 1.29 is 4.79 Å². The van der Waals surface area contributed by atoms with E-state index in [2.05, 4.69) is 41.8 Å². The number of amides is 1. The minimum Gasteiger partial charge on any atom is -0.368 e. The Bertz CT molecular complexity index is 566. The third-order valence-corrected chi connectivity index (χ3v) is 5.59. The van der Waals surface area contributed by atoms with Gasteiger partial charge in [0.15, 0.2) is 0 Å². The van der Waals surface area contributed by atoms with Crippen molar-refractivity contribution >= 4 is 11.6 Å². The summed E-state index contributed by atoms with van der Waals surface area (Å²) >= 11 is 0. The number of piperazine rings is 1. The van der Waals surface area contributed by atoms with E-state index in [1.807, 2.05) is 0 Å². The maximum atomic E-state index is 12.4. The van der Waals surface area contributed by atoms with Gasteiger partial charge in [-0.15, -0.1) is 0 Å². The fourth-order valence-electron chi connectivity index (χ4n) is 3.59. The molecule has 1 aromatic rings. The first-order valence-corrected chi connectivity index (χ1v) is 7.72. The molecule has 106 valence electrons. The lowest BCUT2D eigenvalue weighted by atomic mass is 10.1. The highest BCUT2D eigenvalue weighted by molar-refractivity contribution is 5.90. The smallest absolute Gasteiger partial charge is 0.229 e. The van der Waals surface area contributed by atoms with Crippen LogP contribution in [0, 0.1) is 25.2 Å². The molecule has 3 fully saturated rings. The third-order valence-electron chi connectivity index (χ3n) is 5.59. The van der Waals surface area contributed by atoms with E-state index in [4.69, 9.17) is 0 Å². The third kappa shape index (κ3) is 1.68. The zero-order chi connectivity index (χ0) is 13.9. The standard InChI is InChI=1S/C17H22N2O/c1-12-4-3-5-15(13(12)2)18-6-8-19(9-7-18)16(20)17-10-14(17)11-17/h3-5,14H,6-11H2,1-2H3. The lowest BCUT2D eigenvalue weighted by Gasteiger charge is -2.37. The first-order chi connectivity index (χ1) is 9.62. The summed E-state index contributed by atoms with van der Waals surface area (Å²) in [5.41, 5.74) is 4.20. The van der Waals surface area contributed by atoms with Crippen LogP contribution >= 0.6 is 0 Å². The monoisotopic (exact) mass is 270 g/mol. The molecule has 3 nitrogen and oxygen atoms in total. The van der Waals surface area contributed by atoms with Gasteiger partial charge in [0.05, 0.1) is 5.41 Å². The van der Waals surface area contributed by atoms with E-state index in [1.165, 1.54) is 29.7 Å². The van der Waals surface area contributed by atoms with E-state index < -0.39 is 0 Å². The van der Waals surface area contributed by atoms with Gasteiger partial charge >= 0.3 is 0 Å². The maximum Gasteiger partial charge on any atom is 0.229 e. The Morgan fingerprint density at radius 3 is 2.40 bits per heavy atom. The number of carbonyl (C=O) groups is 1. The molecule has 2 aliphatic carbocycles. The molecule has 0 radical (unpaired) electrons. The summed E-state index contributed by atoms with van der Waals surface area (Å²) in [7, 11) is 0. The highest BCUT2D eigenvalue weighted by Crippen LogP contribution is 2.75. The highest BCUT2D eigenvalue weighted by atomic mass is 16.2. The van der Waals surface area contributed by atoms with Gasteiger partial charge in [0.1, 0.15) is 0 Å². The molecule has 1 aromatic carbocycles. The van der Waals surface area contributed by atoms with Gasteiger partial charge in [-0.25, -0.2) is 0 Å². The highest BCUT2D eigenvalue weighted by Gasteiger charge is 2.75. The first-order valence-electron chi connectivity index (χ1n) is 7.72. The van der Waals surface area contributed by atoms with Crippen LogP contribution in [0.1, 0.15) is 24.0 Å². The second kappa shape index (κ2) is 4.00. The average molecular weight is 270 g/mol. The fraction of sp³-hybridized carbons (Fsp3) is 0.588. The number of hydrogen-bond acceptors (Lipinski definition) is 2. The van der Waals surface area contributed by atoms with Gasteiger partial charge < -0.3 is 9.80 Å². The molecule has 1 aliphatic heterocycles. The maximum absolute atomic E-state index is 12.4. The van der Waals surface area contributed by atoms with Crippen LogP contribution in [0.4, 0.5) is 5.69 Å². The summed E-state index contributed by atoms with van der Waals surface area (Å²) in [6, 6.07) is 6.50. The van der Waals surface area contributed by atoms with Crippen LogP contribution < -0.4 is 4.90 Å². The molecule has 0 unspecified atom stereocenters. The summed E-state index contributed by atoms with van der Waals surface area (Å²) in [4.78, 5) is 16.9. The number of hydrogen-bond donors (Lipinski definition) is 0. The van der Waals surface area contributed by atoms with E-state index in [-0.39, 0.29) is 5.41 Å². The van der Waals surface area contributed by atoms with Gasteiger partial charge in [0.25, 0.3) is 0 Å². The van der Waals surface area contributed by atoms with E-state index in [9.17, 15) is 4.79 Å². The molecule has 4 rings (SSSR count). The molecule has 0 spiro atoms. The van der Waals surface area contributed by atoms with Crippen molar-refractivity contribution in [2.75, 3.05) is 31.1 Å². The molecule has 3 aliphatic rings. The summed E-state index contributed by atoms with van der Waals surface area (Å²) in [6.45, 7) is 8.08. The fourth-order valence-corrected chi connectivity index (χ4v) is 3.59. The zero-order valence-corrected chi connectivity index (χ0v) is 12.4. The van der Waals surface area contributed by atoms with Crippen LogP contribution in [0.25, 0.3) is 0 Å². The molecule has 0 bridgehead atoms. The van der Waals surface area contributed by atoms with Crippen molar-refractivity contribution in [3.05, 3.63) is 29.3 Å². The van der Waals surface area contributed by atoms with E-state index in [0.717, 1.165) is 32.1 Å². The molecule has 3 heteroatoms. The largest absolute Gasteiger partial charge is 0.368 e. The Kier molecular flexibility index (Phi) is 2.45. The molecule has 20 heavy (non-hydrogen) atoms. The average Bonchev–Trinajstić information content (AvgIpc) is 3.31. The molecule has 1 heterocycles. The summed E-state index contributed by atoms with van der Waals surface area (Å²) in [5, 5.41) is 0.